The number of hydrogen-bond acceptors (Lipinski definition) is 2. The monoisotopic (exact) mass is 432 g/mol. The van der Waals surface area contributed by atoms with E-state index in [0.717, 1.165) is 36.9 Å². The van der Waals surface area contributed by atoms with E-state index >= 15 is 0 Å². The third kappa shape index (κ3) is 2.90. The van der Waals surface area contributed by atoms with Gasteiger partial charge in [-0.2, -0.15) is 5.26 Å². The molecule has 0 saturated heterocycles. The van der Waals surface area contributed by atoms with Crippen molar-refractivity contribution in [2.75, 3.05) is 0 Å². The van der Waals surface area contributed by atoms with Crippen LogP contribution in [0.2, 0.25) is 0 Å². The van der Waals surface area contributed by atoms with E-state index in [4.69, 9.17) is 4.98 Å². The van der Waals surface area contributed by atoms with Gasteiger partial charge in [0.25, 0.3) is 0 Å². The largest absolute Gasteiger partial charge is 0.247 e. The predicted octanol–water partition coefficient (Wildman–Crippen LogP) is 6.05. The second kappa shape index (κ2) is 6.66. The first-order valence-corrected chi connectivity index (χ1v) is 9.00. The Morgan fingerprint density at radius 2 is 1.44 bits per heavy atom. The van der Waals surface area contributed by atoms with Crippen molar-refractivity contribution in [2.24, 2.45) is 0 Å². The first kappa shape index (κ1) is 15.8. The summed E-state index contributed by atoms with van der Waals surface area (Å²) in [6, 6.07) is 28.4. The number of hydrogen-bond donors (Lipinski definition) is 0. The van der Waals surface area contributed by atoms with Crippen LogP contribution in [0.1, 0.15) is 5.56 Å². The second-order valence-electron chi connectivity index (χ2n) is 5.73. The highest BCUT2D eigenvalue weighted by molar-refractivity contribution is 14.1. The molecule has 1 heterocycles. The van der Waals surface area contributed by atoms with E-state index in [9.17, 15) is 5.26 Å². The van der Waals surface area contributed by atoms with Crippen molar-refractivity contribution < 1.29 is 0 Å². The van der Waals surface area contributed by atoms with Gasteiger partial charge in [-0.25, -0.2) is 4.98 Å². The smallest absolute Gasteiger partial charge is 0.0991 e. The average Bonchev–Trinajstić information content (AvgIpc) is 2.68. The van der Waals surface area contributed by atoms with Crippen LogP contribution in [0.15, 0.2) is 78.9 Å². The highest BCUT2D eigenvalue weighted by atomic mass is 127. The van der Waals surface area contributed by atoms with E-state index in [1.54, 1.807) is 0 Å². The number of pyridine rings is 1. The van der Waals surface area contributed by atoms with E-state index in [2.05, 4.69) is 52.9 Å². The summed E-state index contributed by atoms with van der Waals surface area (Å²) in [5, 5.41) is 10.3. The van der Waals surface area contributed by atoms with Gasteiger partial charge in [-0.15, -0.1) is 0 Å². The van der Waals surface area contributed by atoms with Crippen LogP contribution in [0.4, 0.5) is 0 Å². The number of rotatable bonds is 2. The molecule has 1 aromatic heterocycles. The maximum Gasteiger partial charge on any atom is 0.0991 e. The zero-order valence-electron chi connectivity index (χ0n) is 13.3. The molecule has 0 aliphatic rings. The molecule has 2 nitrogen and oxygen atoms in total. The summed E-state index contributed by atoms with van der Waals surface area (Å²) in [5.41, 5.74) is 5.87. The van der Waals surface area contributed by atoms with Gasteiger partial charge >= 0.3 is 0 Å². The predicted molar refractivity (Wildman–Crippen MR) is 110 cm³/mol. The molecule has 0 radical (unpaired) electrons. The van der Waals surface area contributed by atoms with E-state index in [1.165, 1.54) is 0 Å². The lowest BCUT2D eigenvalue weighted by molar-refractivity contribution is 1.37. The van der Waals surface area contributed by atoms with Crippen molar-refractivity contribution in [1.82, 2.24) is 4.98 Å². The number of fused-ring (bicyclic) bond motifs is 1. The van der Waals surface area contributed by atoms with Crippen molar-refractivity contribution in [3.05, 3.63) is 88.0 Å². The van der Waals surface area contributed by atoms with Gasteiger partial charge in [-0.1, -0.05) is 60.7 Å². The average molecular weight is 432 g/mol. The maximum atomic E-state index is 9.29. The molecule has 0 unspecified atom stereocenters. The Balaban J connectivity index is 2.11. The SMILES string of the molecule is N#Cc1ccc2nc(-c3ccccc3)c(I)c(-c3ccccc3)c2c1. The molecule has 3 heteroatoms. The first-order valence-electron chi connectivity index (χ1n) is 7.92. The minimum absolute atomic E-state index is 0.648. The molecule has 4 aromatic rings. The molecule has 0 aliphatic heterocycles. The van der Waals surface area contributed by atoms with Gasteiger partial charge in [0, 0.05) is 20.1 Å². The maximum absolute atomic E-state index is 9.29. The molecular formula is C22H13IN2. The fraction of sp³-hybridized carbons (Fsp3) is 0. The molecule has 0 fully saturated rings. The first-order chi connectivity index (χ1) is 12.3. The Morgan fingerprint density at radius 1 is 0.800 bits per heavy atom. The fourth-order valence-electron chi connectivity index (χ4n) is 2.98. The van der Waals surface area contributed by atoms with Crippen LogP contribution < -0.4 is 0 Å². The topological polar surface area (TPSA) is 36.7 Å². The van der Waals surface area contributed by atoms with E-state index in [0.29, 0.717) is 5.56 Å². The lowest BCUT2D eigenvalue weighted by Gasteiger charge is -2.14. The molecule has 3 aromatic carbocycles. The fourth-order valence-corrected chi connectivity index (χ4v) is 4.02. The molecule has 0 spiro atoms. The summed E-state index contributed by atoms with van der Waals surface area (Å²) in [6.45, 7) is 0. The minimum atomic E-state index is 0.648. The summed E-state index contributed by atoms with van der Waals surface area (Å²) in [4.78, 5) is 4.89. The molecule has 0 bridgehead atoms. The highest BCUT2D eigenvalue weighted by Crippen LogP contribution is 2.37. The van der Waals surface area contributed by atoms with Crippen molar-refractivity contribution in [1.29, 1.82) is 5.26 Å². The van der Waals surface area contributed by atoms with E-state index < -0.39 is 0 Å². The third-order valence-electron chi connectivity index (χ3n) is 4.16. The lowest BCUT2D eigenvalue weighted by atomic mass is 9.97. The minimum Gasteiger partial charge on any atom is -0.247 e. The molecule has 0 amide bonds. The Hall–Kier alpha value is -2.71. The molecule has 0 saturated carbocycles. The van der Waals surface area contributed by atoms with Gasteiger partial charge in [0.15, 0.2) is 0 Å². The van der Waals surface area contributed by atoms with Gasteiger partial charge in [-0.05, 0) is 46.4 Å². The summed E-state index contributed by atoms with van der Waals surface area (Å²) in [7, 11) is 0. The molecule has 0 aliphatic carbocycles. The number of aromatic nitrogens is 1. The summed E-state index contributed by atoms with van der Waals surface area (Å²) in [6.07, 6.45) is 0. The number of benzene rings is 3. The van der Waals surface area contributed by atoms with E-state index in [-0.39, 0.29) is 0 Å². The molecular weight excluding hydrogens is 419 g/mol. The Kier molecular flexibility index (Phi) is 4.21. The van der Waals surface area contributed by atoms with Crippen LogP contribution in [-0.4, -0.2) is 4.98 Å². The Bertz CT molecular complexity index is 1100. The molecule has 4 rings (SSSR count). The molecule has 118 valence electrons. The summed E-state index contributed by atoms with van der Waals surface area (Å²) in [5.74, 6) is 0. The number of halogens is 1. The van der Waals surface area contributed by atoms with Gasteiger partial charge in [-0.3, -0.25) is 0 Å². The van der Waals surface area contributed by atoms with Crippen molar-refractivity contribution in [2.45, 2.75) is 0 Å². The van der Waals surface area contributed by atoms with Crippen molar-refractivity contribution >= 4 is 33.5 Å². The molecule has 0 N–H and O–H groups in total. The van der Waals surface area contributed by atoms with Crippen LogP contribution in [0.5, 0.6) is 0 Å². The third-order valence-corrected chi connectivity index (χ3v) is 5.21. The van der Waals surface area contributed by atoms with Crippen LogP contribution >= 0.6 is 22.6 Å². The standard InChI is InChI=1S/C22H13IN2/c23-21-20(16-7-3-1-4-8-16)18-13-15(14-24)11-12-19(18)25-22(21)17-9-5-2-6-10-17/h1-13H. The highest BCUT2D eigenvalue weighted by Gasteiger charge is 2.16. The normalized spacial score (nSPS) is 10.6. The molecule has 25 heavy (non-hydrogen) atoms. The van der Waals surface area contributed by atoms with Crippen LogP contribution in [-0.2, 0) is 0 Å². The quantitative estimate of drug-likeness (QED) is 0.362. The zero-order chi connectivity index (χ0) is 17.2. The summed E-state index contributed by atoms with van der Waals surface area (Å²) >= 11 is 2.37. The zero-order valence-corrected chi connectivity index (χ0v) is 15.4. The van der Waals surface area contributed by atoms with Crippen LogP contribution in [0.25, 0.3) is 33.3 Å². The van der Waals surface area contributed by atoms with Crippen molar-refractivity contribution in [3.63, 3.8) is 0 Å². The van der Waals surface area contributed by atoms with Gasteiger partial charge in [0.1, 0.15) is 0 Å². The summed E-state index contributed by atoms with van der Waals surface area (Å²) < 4.78 is 1.09. The second-order valence-corrected chi connectivity index (χ2v) is 6.80. The lowest BCUT2D eigenvalue weighted by Crippen LogP contribution is -1.96. The Morgan fingerprint density at radius 3 is 2.08 bits per heavy atom. The van der Waals surface area contributed by atoms with Crippen LogP contribution in [0.3, 0.4) is 0 Å². The van der Waals surface area contributed by atoms with E-state index in [1.807, 2.05) is 54.6 Å². The van der Waals surface area contributed by atoms with Gasteiger partial charge < -0.3 is 0 Å². The Labute approximate surface area is 159 Å². The van der Waals surface area contributed by atoms with Gasteiger partial charge in [0.2, 0.25) is 0 Å². The van der Waals surface area contributed by atoms with Gasteiger partial charge in [0.05, 0.1) is 22.8 Å². The number of nitriles is 1. The molecule has 0 atom stereocenters. The van der Waals surface area contributed by atoms with Crippen molar-refractivity contribution in [3.8, 4) is 28.5 Å². The number of nitrogens with zero attached hydrogens (tertiary/aromatic N) is 2. The van der Waals surface area contributed by atoms with Crippen LogP contribution in [0, 0.1) is 14.9 Å².